The van der Waals surface area contributed by atoms with Gasteiger partial charge in [-0.15, -0.1) is 0 Å². The molecule has 1 fully saturated rings. The van der Waals surface area contributed by atoms with Gasteiger partial charge in [0.2, 0.25) is 5.91 Å². The molecule has 0 saturated carbocycles. The fraction of sp³-hybridized carbons (Fsp3) is 0.923. The van der Waals surface area contributed by atoms with Crippen molar-refractivity contribution in [3.8, 4) is 0 Å². The summed E-state index contributed by atoms with van der Waals surface area (Å²) in [5.41, 5.74) is -0.0436. The molecule has 0 bridgehead atoms. The van der Waals surface area contributed by atoms with Gasteiger partial charge in [-0.1, -0.05) is 13.8 Å². The largest absolute Gasteiger partial charge is 0.394 e. The van der Waals surface area contributed by atoms with Crippen molar-refractivity contribution in [2.75, 3.05) is 26.7 Å². The Kier molecular flexibility index (Phi) is 4.55. The van der Waals surface area contributed by atoms with Crippen LogP contribution in [-0.4, -0.2) is 59.1 Å². The number of hydrogen-bond donors (Lipinski definition) is 1. The standard InChI is InChI=1S/C13H26N2O2/c1-10(2)8-15-11(9-16)12(17)14(5)7-6-13(15,3)4/h10-11,16H,6-9H2,1-5H3. The normalized spacial score (nSPS) is 26.4. The first kappa shape index (κ1) is 14.5. The van der Waals surface area contributed by atoms with E-state index in [-0.39, 0.29) is 24.1 Å². The van der Waals surface area contributed by atoms with Crippen molar-refractivity contribution < 1.29 is 9.90 Å². The average Bonchev–Trinajstić information content (AvgIpc) is 2.30. The van der Waals surface area contributed by atoms with E-state index < -0.39 is 0 Å². The molecule has 4 nitrogen and oxygen atoms in total. The van der Waals surface area contributed by atoms with Gasteiger partial charge in [0.05, 0.1) is 6.61 Å². The molecule has 0 aromatic rings. The van der Waals surface area contributed by atoms with E-state index in [9.17, 15) is 9.90 Å². The first-order chi connectivity index (χ1) is 7.79. The number of amides is 1. The smallest absolute Gasteiger partial charge is 0.242 e. The highest BCUT2D eigenvalue weighted by molar-refractivity contribution is 5.82. The zero-order chi connectivity index (χ0) is 13.2. The van der Waals surface area contributed by atoms with E-state index in [4.69, 9.17) is 0 Å². The molecular weight excluding hydrogens is 216 g/mol. The summed E-state index contributed by atoms with van der Waals surface area (Å²) < 4.78 is 0. The van der Waals surface area contributed by atoms with Crippen LogP contribution in [0.5, 0.6) is 0 Å². The molecule has 4 heteroatoms. The fourth-order valence-corrected chi connectivity index (χ4v) is 2.45. The van der Waals surface area contributed by atoms with Gasteiger partial charge < -0.3 is 10.0 Å². The zero-order valence-corrected chi connectivity index (χ0v) is 11.7. The molecule has 0 aromatic heterocycles. The molecular formula is C13H26N2O2. The third kappa shape index (κ3) is 3.19. The van der Waals surface area contributed by atoms with Gasteiger partial charge in [-0.3, -0.25) is 9.69 Å². The van der Waals surface area contributed by atoms with Crippen molar-refractivity contribution in [3.05, 3.63) is 0 Å². The van der Waals surface area contributed by atoms with Crippen LogP contribution in [0.25, 0.3) is 0 Å². The van der Waals surface area contributed by atoms with Crippen LogP contribution >= 0.6 is 0 Å². The highest BCUT2D eigenvalue weighted by atomic mass is 16.3. The van der Waals surface area contributed by atoms with Crippen LogP contribution in [0.1, 0.15) is 34.1 Å². The lowest BCUT2D eigenvalue weighted by Gasteiger charge is -2.41. The van der Waals surface area contributed by atoms with E-state index in [1.54, 1.807) is 4.90 Å². The van der Waals surface area contributed by atoms with Gasteiger partial charge in [-0.05, 0) is 26.2 Å². The van der Waals surface area contributed by atoms with Gasteiger partial charge in [0, 0.05) is 25.7 Å². The summed E-state index contributed by atoms with van der Waals surface area (Å²) in [4.78, 5) is 16.1. The van der Waals surface area contributed by atoms with Crippen LogP contribution in [0.4, 0.5) is 0 Å². The van der Waals surface area contributed by atoms with Crippen LogP contribution in [0.3, 0.4) is 0 Å². The second kappa shape index (κ2) is 5.36. The van der Waals surface area contributed by atoms with Crippen LogP contribution in [0.15, 0.2) is 0 Å². The number of rotatable bonds is 3. The Morgan fingerprint density at radius 1 is 1.47 bits per heavy atom. The Balaban J connectivity index is 3.01. The number of aliphatic hydroxyl groups is 1. The lowest BCUT2D eigenvalue weighted by atomic mass is 9.95. The van der Waals surface area contributed by atoms with Gasteiger partial charge in [0.1, 0.15) is 6.04 Å². The molecule has 1 saturated heterocycles. The van der Waals surface area contributed by atoms with E-state index >= 15 is 0 Å². The Morgan fingerprint density at radius 3 is 2.53 bits per heavy atom. The quantitative estimate of drug-likeness (QED) is 0.801. The molecule has 1 amide bonds. The number of carbonyl (C=O) groups is 1. The zero-order valence-electron chi connectivity index (χ0n) is 11.7. The highest BCUT2D eigenvalue weighted by Crippen LogP contribution is 2.27. The van der Waals surface area contributed by atoms with Crippen molar-refractivity contribution in [3.63, 3.8) is 0 Å². The van der Waals surface area contributed by atoms with Crippen LogP contribution in [0.2, 0.25) is 0 Å². The van der Waals surface area contributed by atoms with Crippen LogP contribution < -0.4 is 0 Å². The predicted molar refractivity (Wildman–Crippen MR) is 68.8 cm³/mol. The molecule has 1 atom stereocenters. The summed E-state index contributed by atoms with van der Waals surface area (Å²) in [6.07, 6.45) is 0.943. The highest BCUT2D eigenvalue weighted by Gasteiger charge is 2.40. The number of carbonyl (C=O) groups excluding carboxylic acids is 1. The maximum absolute atomic E-state index is 12.2. The molecule has 1 aliphatic heterocycles. The molecule has 0 spiro atoms. The monoisotopic (exact) mass is 242 g/mol. The predicted octanol–water partition coefficient (Wildman–Crippen LogP) is 0.946. The molecule has 0 aliphatic carbocycles. The number of nitrogens with zero attached hydrogens (tertiary/aromatic N) is 2. The van der Waals surface area contributed by atoms with Gasteiger partial charge in [-0.2, -0.15) is 0 Å². The summed E-state index contributed by atoms with van der Waals surface area (Å²) in [5, 5.41) is 9.53. The van der Waals surface area contributed by atoms with Crippen molar-refractivity contribution in [1.82, 2.24) is 9.80 Å². The van der Waals surface area contributed by atoms with E-state index in [0.29, 0.717) is 5.92 Å². The van der Waals surface area contributed by atoms with Gasteiger partial charge in [0.15, 0.2) is 0 Å². The van der Waals surface area contributed by atoms with Gasteiger partial charge in [-0.25, -0.2) is 0 Å². The number of aliphatic hydroxyl groups excluding tert-OH is 1. The van der Waals surface area contributed by atoms with Gasteiger partial charge in [0.25, 0.3) is 0 Å². The molecule has 1 heterocycles. The molecule has 1 aliphatic rings. The minimum Gasteiger partial charge on any atom is -0.394 e. The fourth-order valence-electron chi connectivity index (χ4n) is 2.45. The first-order valence-electron chi connectivity index (χ1n) is 6.42. The van der Waals surface area contributed by atoms with Gasteiger partial charge >= 0.3 is 0 Å². The summed E-state index contributed by atoms with van der Waals surface area (Å²) in [7, 11) is 1.82. The average molecular weight is 242 g/mol. The van der Waals surface area contributed by atoms with E-state index in [1.165, 1.54) is 0 Å². The molecule has 0 aromatic carbocycles. The number of hydrogen-bond acceptors (Lipinski definition) is 3. The van der Waals surface area contributed by atoms with Crippen molar-refractivity contribution in [2.24, 2.45) is 5.92 Å². The molecule has 1 rings (SSSR count). The summed E-state index contributed by atoms with van der Waals surface area (Å²) in [6.45, 7) is 10.1. The second-order valence-corrected chi connectivity index (χ2v) is 6.07. The molecule has 1 N–H and O–H groups in total. The molecule has 17 heavy (non-hydrogen) atoms. The number of likely N-dealkylation sites (N-methyl/N-ethyl adjacent to an activating group) is 1. The maximum Gasteiger partial charge on any atom is 0.242 e. The van der Waals surface area contributed by atoms with Crippen LogP contribution in [0, 0.1) is 5.92 Å². The summed E-state index contributed by atoms with van der Waals surface area (Å²) >= 11 is 0. The second-order valence-electron chi connectivity index (χ2n) is 6.07. The summed E-state index contributed by atoms with van der Waals surface area (Å²) in [6, 6.07) is -0.389. The van der Waals surface area contributed by atoms with Crippen molar-refractivity contribution in [2.45, 2.75) is 45.7 Å². The molecule has 100 valence electrons. The Labute approximate surface area is 105 Å². The van der Waals surface area contributed by atoms with E-state index in [1.807, 2.05) is 7.05 Å². The Bertz CT molecular complexity index is 277. The lowest BCUT2D eigenvalue weighted by molar-refractivity contribution is -0.137. The van der Waals surface area contributed by atoms with E-state index in [0.717, 1.165) is 19.5 Å². The third-order valence-corrected chi connectivity index (χ3v) is 3.61. The Hall–Kier alpha value is -0.610. The van der Waals surface area contributed by atoms with Crippen molar-refractivity contribution >= 4 is 5.91 Å². The van der Waals surface area contributed by atoms with Crippen LogP contribution in [-0.2, 0) is 4.79 Å². The third-order valence-electron chi connectivity index (χ3n) is 3.61. The van der Waals surface area contributed by atoms with Crippen molar-refractivity contribution in [1.29, 1.82) is 0 Å². The topological polar surface area (TPSA) is 43.8 Å². The van der Waals surface area contributed by atoms with E-state index in [2.05, 4.69) is 32.6 Å². The SMILES string of the molecule is CC(C)CN1C(CO)C(=O)N(C)CCC1(C)C. The molecule has 1 unspecified atom stereocenters. The lowest BCUT2D eigenvalue weighted by Crippen LogP contribution is -2.55. The maximum atomic E-state index is 12.2. The Morgan fingerprint density at radius 2 is 2.06 bits per heavy atom. The first-order valence-corrected chi connectivity index (χ1v) is 6.42. The minimum atomic E-state index is -0.389. The summed E-state index contributed by atoms with van der Waals surface area (Å²) in [5.74, 6) is 0.526. The molecule has 0 radical (unpaired) electrons. The minimum absolute atomic E-state index is 0.0405.